The number of nitrogens with zero attached hydrogens (tertiary/aromatic N) is 2. The van der Waals surface area contributed by atoms with Gasteiger partial charge in [-0.25, -0.2) is 0 Å². The summed E-state index contributed by atoms with van der Waals surface area (Å²) in [5, 5.41) is 11.1. The van der Waals surface area contributed by atoms with Crippen molar-refractivity contribution in [1.29, 1.82) is 0 Å². The summed E-state index contributed by atoms with van der Waals surface area (Å²) in [7, 11) is -0.0932. The molecule has 0 saturated carbocycles. The van der Waals surface area contributed by atoms with Crippen molar-refractivity contribution in [3.63, 3.8) is 0 Å². The van der Waals surface area contributed by atoms with Gasteiger partial charge in [-0.3, -0.25) is 38.3 Å². The number of rotatable bonds is 15. The number of ether oxygens (including phenoxy) is 4. The van der Waals surface area contributed by atoms with Gasteiger partial charge in [-0.2, -0.15) is 8.42 Å². The molecule has 51 heavy (non-hydrogen) atoms. The third-order valence-electron chi connectivity index (χ3n) is 7.85. The van der Waals surface area contributed by atoms with Crippen LogP contribution in [0.3, 0.4) is 0 Å². The van der Waals surface area contributed by atoms with Crippen molar-refractivity contribution in [3.8, 4) is 5.75 Å². The molecule has 2 aromatic rings. The average Bonchev–Trinajstić information content (AvgIpc) is 3.08. The molecule has 274 valence electrons. The second kappa shape index (κ2) is 17.7. The Hall–Kier alpha value is -5.16. The van der Waals surface area contributed by atoms with Crippen molar-refractivity contribution in [2.75, 3.05) is 61.2 Å². The molecular weight excluding hydrogens is 688 g/mol. The van der Waals surface area contributed by atoms with E-state index < -0.39 is 44.7 Å². The summed E-state index contributed by atoms with van der Waals surface area (Å²) < 4.78 is 54.7. The number of hydrogen-bond donors (Lipinski definition) is 2. The Balaban J connectivity index is 2.36. The maximum absolute atomic E-state index is 13.5. The number of carbonyl (C=O) groups excluding carboxylic acids is 5. The Labute approximate surface area is 295 Å². The fourth-order valence-electron chi connectivity index (χ4n) is 5.41. The molecule has 0 radical (unpaired) electrons. The van der Waals surface area contributed by atoms with Gasteiger partial charge in [0.2, 0.25) is 0 Å². The molecule has 2 aromatic carbocycles. The lowest BCUT2D eigenvalue weighted by Crippen LogP contribution is -2.38. The van der Waals surface area contributed by atoms with Gasteiger partial charge in [-0.15, -0.1) is 0 Å². The molecule has 15 nitrogen and oxygen atoms in total. The average molecular weight is 729 g/mol. The molecule has 16 heteroatoms. The quantitative estimate of drug-likeness (QED) is 0.153. The molecule has 1 aliphatic carbocycles. The van der Waals surface area contributed by atoms with E-state index in [9.17, 15) is 42.0 Å². The van der Waals surface area contributed by atoms with Gasteiger partial charge in [0.15, 0.2) is 5.78 Å². The van der Waals surface area contributed by atoms with Crippen LogP contribution < -0.4 is 0 Å². The zero-order valence-electron chi connectivity index (χ0n) is 29.0. The van der Waals surface area contributed by atoms with Crippen molar-refractivity contribution < 1.29 is 61.0 Å². The fourth-order valence-corrected chi connectivity index (χ4v) is 6.11. The van der Waals surface area contributed by atoms with Gasteiger partial charge in [0.1, 0.15) is 10.6 Å². The second-order valence-corrected chi connectivity index (χ2v) is 12.9. The molecule has 0 unspecified atom stereocenters. The van der Waals surface area contributed by atoms with Crippen LogP contribution in [0.4, 0.5) is 0 Å². The smallest absolute Gasteiger partial charge is 0.319 e. The zero-order valence-corrected chi connectivity index (χ0v) is 29.9. The monoisotopic (exact) mass is 728 g/mol. The first kappa shape index (κ1) is 40.3. The second-order valence-electron chi connectivity index (χ2n) is 11.5. The largest absolute Gasteiger partial charge is 0.507 e. The van der Waals surface area contributed by atoms with Crippen molar-refractivity contribution in [2.45, 2.75) is 25.3 Å². The molecule has 0 aliphatic heterocycles. The maximum Gasteiger partial charge on any atom is 0.319 e. The third kappa shape index (κ3) is 10.7. The molecule has 0 atom stereocenters. The van der Waals surface area contributed by atoms with E-state index in [1.165, 1.54) is 81.6 Å². The Morgan fingerprint density at radius 3 is 1.73 bits per heavy atom. The summed E-state index contributed by atoms with van der Waals surface area (Å²) in [4.78, 5) is 64.5. The van der Waals surface area contributed by atoms with Gasteiger partial charge in [0.05, 0.1) is 54.6 Å². The first-order valence-electron chi connectivity index (χ1n) is 15.3. The van der Waals surface area contributed by atoms with E-state index in [1.54, 1.807) is 19.1 Å². The van der Waals surface area contributed by atoms with E-state index in [-0.39, 0.29) is 72.9 Å². The number of benzene rings is 2. The topological polar surface area (TPSA) is 203 Å². The van der Waals surface area contributed by atoms with E-state index in [2.05, 4.69) is 0 Å². The number of phenols is 1. The standard InChI is InChI=1S/C35H40N2O13S/c1-21-11-23(13-25(34(21)42)15-36(17-29(38)47-3)18-30(39)48-4)33(27-9-7-8-10-28(27)51(44,45)46)24-12-22(2)35(43)26(14-24)16-37(19-31(40)49-5)20-32(41)50-6/h7-14,42H,15-20H2,1-6H3,(H,44,45,46)/b33-24+. The van der Waals surface area contributed by atoms with Gasteiger partial charge in [0.25, 0.3) is 10.1 Å². The first-order chi connectivity index (χ1) is 24.0. The number of esters is 4. The van der Waals surface area contributed by atoms with Crippen LogP contribution in [-0.4, -0.2) is 119 Å². The summed E-state index contributed by atoms with van der Waals surface area (Å²) in [5.74, 6) is -3.24. The van der Waals surface area contributed by atoms with Crippen LogP contribution in [0.5, 0.6) is 5.75 Å². The lowest BCUT2D eigenvalue weighted by molar-refractivity contribution is -0.147. The third-order valence-corrected chi connectivity index (χ3v) is 8.76. The number of phenolic OH excluding ortho intramolecular Hbond substituents is 1. The first-order valence-corrected chi connectivity index (χ1v) is 16.8. The van der Waals surface area contributed by atoms with E-state index in [0.29, 0.717) is 16.7 Å². The molecule has 0 fully saturated rings. The van der Waals surface area contributed by atoms with Crippen LogP contribution >= 0.6 is 0 Å². The van der Waals surface area contributed by atoms with E-state index in [0.717, 1.165) is 0 Å². The number of aromatic hydroxyl groups is 1. The highest BCUT2D eigenvalue weighted by Gasteiger charge is 2.28. The van der Waals surface area contributed by atoms with E-state index in [1.807, 2.05) is 0 Å². The van der Waals surface area contributed by atoms with Crippen molar-refractivity contribution in [3.05, 3.63) is 87.5 Å². The lowest BCUT2D eigenvalue weighted by Gasteiger charge is -2.25. The number of ketones is 1. The minimum Gasteiger partial charge on any atom is -0.507 e. The normalized spacial score (nSPS) is 14.1. The van der Waals surface area contributed by atoms with Gasteiger partial charge in [0, 0.05) is 29.8 Å². The molecule has 0 bridgehead atoms. The molecular formula is C35H40N2O13S. The summed E-state index contributed by atoms with van der Waals surface area (Å²) >= 11 is 0. The highest BCUT2D eigenvalue weighted by atomic mass is 32.2. The van der Waals surface area contributed by atoms with Crippen LogP contribution in [0.25, 0.3) is 5.57 Å². The van der Waals surface area contributed by atoms with Crippen molar-refractivity contribution in [1.82, 2.24) is 9.80 Å². The molecule has 3 rings (SSSR count). The SMILES string of the molecule is COC(=O)CN(CC(=O)OC)CC1=C/C(=C(\c2cc(C)c(O)c(CN(CC(=O)OC)CC(=O)OC)c2)c2ccccc2S(=O)(=O)O)C=C(C)C1=O. The molecule has 0 heterocycles. The minimum atomic E-state index is -4.81. The number of aryl methyl sites for hydroxylation is 1. The number of Topliss-reactive ketones (excluding diaryl/α,β-unsaturated/α-hetero) is 1. The lowest BCUT2D eigenvalue weighted by atomic mass is 9.85. The number of hydrogen-bond acceptors (Lipinski definition) is 14. The molecule has 0 saturated heterocycles. The van der Waals surface area contributed by atoms with Gasteiger partial charge in [-0.05, 0) is 72.0 Å². The van der Waals surface area contributed by atoms with Crippen molar-refractivity contribution in [2.24, 2.45) is 0 Å². The predicted molar refractivity (Wildman–Crippen MR) is 182 cm³/mol. The Morgan fingerprint density at radius 1 is 0.745 bits per heavy atom. The fraction of sp³-hybridized carbons (Fsp3) is 0.343. The van der Waals surface area contributed by atoms with Gasteiger partial charge in [-0.1, -0.05) is 18.2 Å². The molecule has 0 spiro atoms. The summed E-state index contributed by atoms with van der Waals surface area (Å²) in [6.07, 6.45) is 3.01. The summed E-state index contributed by atoms with van der Waals surface area (Å²) in [6, 6.07) is 8.74. The maximum atomic E-state index is 13.5. The number of allylic oxidation sites excluding steroid dienone is 4. The number of carbonyl (C=O) groups is 5. The van der Waals surface area contributed by atoms with Gasteiger partial charge >= 0.3 is 23.9 Å². The predicted octanol–water partition coefficient (Wildman–Crippen LogP) is 2.00. The van der Waals surface area contributed by atoms with Gasteiger partial charge < -0.3 is 24.1 Å². The van der Waals surface area contributed by atoms with E-state index >= 15 is 0 Å². The summed E-state index contributed by atoms with van der Waals surface area (Å²) in [5.41, 5.74) is 1.85. The van der Waals surface area contributed by atoms with Crippen LogP contribution in [0, 0.1) is 6.92 Å². The van der Waals surface area contributed by atoms with Crippen LogP contribution in [0.15, 0.2) is 70.2 Å². The van der Waals surface area contributed by atoms with Crippen molar-refractivity contribution >= 4 is 45.4 Å². The summed E-state index contributed by atoms with van der Waals surface area (Å²) in [6.45, 7) is 1.38. The molecule has 0 amide bonds. The Bertz CT molecular complexity index is 1880. The molecule has 0 aromatic heterocycles. The highest BCUT2D eigenvalue weighted by Crippen LogP contribution is 2.38. The Morgan fingerprint density at radius 2 is 1.24 bits per heavy atom. The highest BCUT2D eigenvalue weighted by molar-refractivity contribution is 7.86. The molecule has 2 N–H and O–H groups in total. The van der Waals surface area contributed by atoms with E-state index in [4.69, 9.17) is 18.9 Å². The zero-order chi connectivity index (χ0) is 38.0. The minimum absolute atomic E-state index is 0.0435. The molecule has 1 aliphatic rings. The number of methoxy groups -OCH3 is 4. The van der Waals surface area contributed by atoms with Crippen LogP contribution in [-0.2, 0) is 59.6 Å². The Kier molecular flexibility index (Phi) is 14.0. The van der Waals surface area contributed by atoms with Crippen LogP contribution in [0.1, 0.15) is 29.2 Å². The van der Waals surface area contributed by atoms with Crippen LogP contribution in [0.2, 0.25) is 0 Å².